The molecular weight excluding hydrogens is 792 g/mol. The summed E-state index contributed by atoms with van der Waals surface area (Å²) in [6, 6.07) is -0.779. The molecule has 0 heterocycles. The molecule has 0 aliphatic rings. The fraction of sp³-hybridized carbons (Fsp3) is 0.755. The quantitative estimate of drug-likeness (QED) is 0.0243. The number of aliphatic hydroxyl groups excluding tert-OH is 1. The van der Waals surface area contributed by atoms with Crippen LogP contribution >= 0.6 is 7.82 Å². The lowest BCUT2D eigenvalue weighted by molar-refractivity contribution is -0.870. The summed E-state index contributed by atoms with van der Waals surface area (Å²) < 4.78 is 23.7. The van der Waals surface area contributed by atoms with E-state index in [4.69, 9.17) is 9.05 Å². The number of phosphoric ester groups is 1. The number of quaternary nitrogens is 1. The molecule has 0 saturated carbocycles. The van der Waals surface area contributed by atoms with Crippen LogP contribution < -0.4 is 5.32 Å². The third-order valence-electron chi connectivity index (χ3n) is 11.0. The normalized spacial score (nSPS) is 14.8. The first-order valence-corrected chi connectivity index (χ1v) is 26.8. The molecular formula is C53H98N2O6P+. The Morgan fingerprint density at radius 1 is 0.565 bits per heavy atom. The van der Waals surface area contributed by atoms with Crippen molar-refractivity contribution in [1.82, 2.24) is 5.32 Å². The maximum Gasteiger partial charge on any atom is 0.472 e. The molecule has 3 atom stereocenters. The molecule has 0 aliphatic carbocycles. The lowest BCUT2D eigenvalue weighted by Crippen LogP contribution is -2.46. The monoisotopic (exact) mass is 890 g/mol. The van der Waals surface area contributed by atoms with Crippen molar-refractivity contribution in [2.75, 3.05) is 40.9 Å². The number of hydrogen-bond donors (Lipinski definition) is 3. The van der Waals surface area contributed by atoms with Gasteiger partial charge in [0.05, 0.1) is 39.9 Å². The molecule has 62 heavy (non-hydrogen) atoms. The number of nitrogens with one attached hydrogen (secondary N) is 1. The fourth-order valence-corrected chi connectivity index (χ4v) is 7.73. The van der Waals surface area contributed by atoms with Crippen LogP contribution in [0.25, 0.3) is 0 Å². The van der Waals surface area contributed by atoms with E-state index in [2.05, 4.69) is 92.1 Å². The van der Waals surface area contributed by atoms with Crippen molar-refractivity contribution in [2.24, 2.45) is 0 Å². The van der Waals surface area contributed by atoms with Crippen LogP contribution in [0, 0.1) is 0 Å². The SMILES string of the molecule is CC/C=C\C/C=C\C/C=C\C/C=C\C/C=C\C/C=C\CCCCCCC(=O)NC(COP(=O)(O)OCC[N+](C)(C)C)C(O)CCCCCCCCCCCCCCCCCCC. The summed E-state index contributed by atoms with van der Waals surface area (Å²) in [7, 11) is 1.59. The van der Waals surface area contributed by atoms with Gasteiger partial charge < -0.3 is 19.8 Å². The van der Waals surface area contributed by atoms with E-state index in [1.165, 1.54) is 89.9 Å². The number of hydrogen-bond acceptors (Lipinski definition) is 5. The summed E-state index contributed by atoms with van der Waals surface area (Å²) in [4.78, 5) is 23.2. The Kier molecular flexibility index (Phi) is 42.7. The minimum atomic E-state index is -4.33. The van der Waals surface area contributed by atoms with Crippen molar-refractivity contribution < 1.29 is 32.9 Å². The van der Waals surface area contributed by atoms with Gasteiger partial charge in [-0.2, -0.15) is 0 Å². The van der Waals surface area contributed by atoms with Crippen LogP contribution in [-0.4, -0.2) is 73.4 Å². The van der Waals surface area contributed by atoms with Crippen LogP contribution in [-0.2, 0) is 18.4 Å². The first-order valence-electron chi connectivity index (χ1n) is 25.3. The van der Waals surface area contributed by atoms with Crippen molar-refractivity contribution in [2.45, 2.75) is 219 Å². The number of rotatable bonds is 45. The highest BCUT2D eigenvalue weighted by Gasteiger charge is 2.28. The Hall–Kier alpha value is -2.06. The lowest BCUT2D eigenvalue weighted by Gasteiger charge is -2.26. The summed E-state index contributed by atoms with van der Waals surface area (Å²) in [5.41, 5.74) is 0. The highest BCUT2D eigenvalue weighted by Crippen LogP contribution is 2.43. The summed E-state index contributed by atoms with van der Waals surface area (Å²) in [6.07, 6.45) is 59.3. The predicted octanol–water partition coefficient (Wildman–Crippen LogP) is 14.8. The smallest absolute Gasteiger partial charge is 0.391 e. The molecule has 0 fully saturated rings. The van der Waals surface area contributed by atoms with Crippen molar-refractivity contribution in [1.29, 1.82) is 0 Å². The molecule has 0 bridgehead atoms. The zero-order valence-corrected chi connectivity index (χ0v) is 41.7. The number of allylic oxidation sites excluding steroid dienone is 12. The van der Waals surface area contributed by atoms with Gasteiger partial charge in [-0.3, -0.25) is 13.8 Å². The van der Waals surface area contributed by atoms with E-state index in [-0.39, 0.29) is 19.1 Å². The predicted molar refractivity (Wildman–Crippen MR) is 267 cm³/mol. The second kappa shape index (κ2) is 44.2. The van der Waals surface area contributed by atoms with Gasteiger partial charge in [-0.1, -0.05) is 209 Å². The van der Waals surface area contributed by atoms with Gasteiger partial charge in [0.1, 0.15) is 13.2 Å². The highest BCUT2D eigenvalue weighted by atomic mass is 31.2. The molecule has 3 N–H and O–H groups in total. The minimum Gasteiger partial charge on any atom is -0.391 e. The highest BCUT2D eigenvalue weighted by molar-refractivity contribution is 7.47. The molecule has 0 aliphatic heterocycles. The summed E-state index contributed by atoms with van der Waals surface area (Å²) >= 11 is 0. The number of carbonyl (C=O) groups is 1. The second-order valence-corrected chi connectivity index (χ2v) is 19.6. The number of nitrogens with zero attached hydrogens (tertiary/aromatic N) is 1. The van der Waals surface area contributed by atoms with Gasteiger partial charge in [-0.15, -0.1) is 0 Å². The molecule has 1 amide bonds. The van der Waals surface area contributed by atoms with E-state index in [0.29, 0.717) is 23.9 Å². The minimum absolute atomic E-state index is 0.0657. The van der Waals surface area contributed by atoms with Crippen LogP contribution in [0.1, 0.15) is 206 Å². The van der Waals surface area contributed by atoms with Gasteiger partial charge in [0.15, 0.2) is 0 Å². The Bertz CT molecular complexity index is 1240. The van der Waals surface area contributed by atoms with E-state index in [9.17, 15) is 19.4 Å². The van der Waals surface area contributed by atoms with Gasteiger partial charge in [0, 0.05) is 6.42 Å². The molecule has 0 aromatic rings. The van der Waals surface area contributed by atoms with E-state index < -0.39 is 20.0 Å². The number of amides is 1. The van der Waals surface area contributed by atoms with Gasteiger partial charge in [0.25, 0.3) is 0 Å². The Morgan fingerprint density at radius 2 is 0.968 bits per heavy atom. The van der Waals surface area contributed by atoms with Gasteiger partial charge in [0.2, 0.25) is 5.91 Å². The first-order chi connectivity index (χ1) is 30.0. The average Bonchev–Trinajstić information content (AvgIpc) is 3.23. The van der Waals surface area contributed by atoms with Gasteiger partial charge in [-0.25, -0.2) is 4.57 Å². The molecule has 9 heteroatoms. The number of aliphatic hydroxyl groups is 1. The number of carbonyl (C=O) groups excluding carboxylic acids is 1. The molecule has 0 aromatic carbocycles. The first kappa shape index (κ1) is 59.9. The zero-order chi connectivity index (χ0) is 45.7. The van der Waals surface area contributed by atoms with Crippen LogP contribution in [0.2, 0.25) is 0 Å². The molecule has 8 nitrogen and oxygen atoms in total. The number of likely N-dealkylation sites (N-methyl/N-ethyl adjacent to an activating group) is 1. The third-order valence-corrected chi connectivity index (χ3v) is 12.0. The van der Waals surface area contributed by atoms with Gasteiger partial charge in [-0.05, 0) is 64.2 Å². The molecule has 360 valence electrons. The maximum absolute atomic E-state index is 12.9. The Balaban J connectivity index is 4.36. The summed E-state index contributed by atoms with van der Waals surface area (Å²) in [5.74, 6) is -0.171. The lowest BCUT2D eigenvalue weighted by atomic mass is 10.0. The van der Waals surface area contributed by atoms with E-state index in [0.717, 1.165) is 89.9 Å². The summed E-state index contributed by atoms with van der Waals surface area (Å²) in [6.45, 7) is 4.75. The van der Waals surface area contributed by atoms with Crippen molar-refractivity contribution in [3.8, 4) is 0 Å². The maximum atomic E-state index is 12.9. The fourth-order valence-electron chi connectivity index (χ4n) is 6.99. The van der Waals surface area contributed by atoms with E-state index >= 15 is 0 Å². The largest absolute Gasteiger partial charge is 0.472 e. The standard InChI is InChI=1S/C53H97N2O6P/c1-6-8-10-12-14-16-18-20-22-24-25-26-27-28-29-31-33-35-37-39-41-43-45-47-53(57)54-51(50-61-62(58,59)60-49-48-55(3,4)5)52(56)46-44-42-40-38-36-34-32-30-23-21-19-17-15-13-11-9-7-2/h8,10,14,16,20,22,25-26,28-29,33,35,51-52,56H,6-7,9,11-13,15,17-19,21,23-24,27,30-32,34,36-50H2,1-5H3,(H-,54,57,58,59)/p+1/b10-8-,16-14-,22-20-,26-25-,29-28-,35-33-. The van der Waals surface area contributed by atoms with Crippen molar-refractivity contribution in [3.63, 3.8) is 0 Å². The number of phosphoric acid groups is 1. The molecule has 0 saturated heterocycles. The third kappa shape index (κ3) is 45.9. The van der Waals surface area contributed by atoms with E-state index in [1.807, 2.05) is 21.1 Å². The molecule has 0 radical (unpaired) electrons. The van der Waals surface area contributed by atoms with Crippen molar-refractivity contribution in [3.05, 3.63) is 72.9 Å². The summed E-state index contributed by atoms with van der Waals surface area (Å²) in [5, 5.41) is 14.0. The number of unbranched alkanes of at least 4 members (excludes halogenated alkanes) is 20. The Morgan fingerprint density at radius 3 is 1.42 bits per heavy atom. The topological polar surface area (TPSA) is 105 Å². The molecule has 3 unspecified atom stereocenters. The van der Waals surface area contributed by atoms with Gasteiger partial charge >= 0.3 is 7.82 Å². The molecule has 0 aromatic heterocycles. The van der Waals surface area contributed by atoms with E-state index in [1.54, 1.807) is 0 Å². The van der Waals surface area contributed by atoms with Crippen molar-refractivity contribution >= 4 is 13.7 Å². The molecule has 0 spiro atoms. The van der Waals surface area contributed by atoms with Crippen LogP contribution in [0.5, 0.6) is 0 Å². The zero-order valence-electron chi connectivity index (χ0n) is 40.8. The average molecular weight is 890 g/mol. The van der Waals surface area contributed by atoms with Crippen LogP contribution in [0.3, 0.4) is 0 Å². The molecule has 0 rings (SSSR count). The second-order valence-electron chi connectivity index (χ2n) is 18.2. The Labute approximate surface area is 383 Å². The van der Waals surface area contributed by atoms with Crippen LogP contribution in [0.15, 0.2) is 72.9 Å². The van der Waals surface area contributed by atoms with Crippen LogP contribution in [0.4, 0.5) is 0 Å².